The number of aromatic nitrogens is 5. The first-order chi connectivity index (χ1) is 13.4. The van der Waals surface area contributed by atoms with E-state index in [1.165, 1.54) is 30.1 Å². The summed E-state index contributed by atoms with van der Waals surface area (Å²) >= 11 is 12.1. The van der Waals surface area contributed by atoms with Crippen LogP contribution >= 0.6 is 23.2 Å². The molecular weight excluding hydrogens is 405 g/mol. The molecule has 0 aliphatic rings. The van der Waals surface area contributed by atoms with Crippen LogP contribution in [0.3, 0.4) is 0 Å². The summed E-state index contributed by atoms with van der Waals surface area (Å²) in [7, 11) is 0. The predicted molar refractivity (Wildman–Crippen MR) is 104 cm³/mol. The molecule has 9 nitrogen and oxygen atoms in total. The van der Waals surface area contributed by atoms with Gasteiger partial charge in [-0.15, -0.1) is 0 Å². The van der Waals surface area contributed by atoms with Gasteiger partial charge in [0.15, 0.2) is 11.6 Å². The van der Waals surface area contributed by atoms with Crippen molar-refractivity contribution in [1.82, 2.24) is 30.0 Å². The van der Waals surface area contributed by atoms with Crippen molar-refractivity contribution >= 4 is 40.7 Å². The van der Waals surface area contributed by atoms with Crippen LogP contribution in [-0.4, -0.2) is 36.5 Å². The van der Waals surface area contributed by atoms with Gasteiger partial charge in [0.2, 0.25) is 0 Å². The SMILES string of the molecule is CC(=O)c1cc(NC(=O)N[C@@H](C)c2ncnn2-c2ncccn2)c(Cl)cc1Cl. The second-order valence-electron chi connectivity index (χ2n) is 5.77. The van der Waals surface area contributed by atoms with Crippen molar-refractivity contribution in [2.75, 3.05) is 5.32 Å². The molecular formula is C17H15Cl2N7O2. The molecule has 0 bridgehead atoms. The van der Waals surface area contributed by atoms with Gasteiger partial charge >= 0.3 is 6.03 Å². The zero-order valence-corrected chi connectivity index (χ0v) is 16.4. The number of anilines is 1. The molecule has 0 unspecified atom stereocenters. The highest BCUT2D eigenvalue weighted by atomic mass is 35.5. The van der Waals surface area contributed by atoms with Crippen LogP contribution in [-0.2, 0) is 0 Å². The predicted octanol–water partition coefficient (Wildman–Crippen LogP) is 3.45. The van der Waals surface area contributed by atoms with E-state index in [0.717, 1.165) is 0 Å². The van der Waals surface area contributed by atoms with Crippen molar-refractivity contribution in [2.45, 2.75) is 19.9 Å². The van der Waals surface area contributed by atoms with Crippen molar-refractivity contribution in [3.63, 3.8) is 0 Å². The Bertz CT molecular complexity index is 1020. The van der Waals surface area contributed by atoms with Gasteiger partial charge in [0.1, 0.15) is 6.33 Å². The lowest BCUT2D eigenvalue weighted by molar-refractivity contribution is 0.101. The Kier molecular flexibility index (Phi) is 5.86. The molecule has 3 rings (SSSR count). The third-order valence-corrected chi connectivity index (χ3v) is 4.36. The molecule has 0 saturated heterocycles. The van der Waals surface area contributed by atoms with Crippen LogP contribution in [0.2, 0.25) is 10.0 Å². The summed E-state index contributed by atoms with van der Waals surface area (Å²) in [6.07, 6.45) is 4.50. The van der Waals surface area contributed by atoms with Crippen molar-refractivity contribution in [3.8, 4) is 5.95 Å². The monoisotopic (exact) mass is 419 g/mol. The Hall–Kier alpha value is -3.04. The zero-order chi connectivity index (χ0) is 20.3. The molecule has 1 aromatic carbocycles. The lowest BCUT2D eigenvalue weighted by Gasteiger charge is -2.15. The molecule has 2 aromatic heterocycles. The largest absolute Gasteiger partial charge is 0.328 e. The van der Waals surface area contributed by atoms with E-state index < -0.39 is 12.1 Å². The summed E-state index contributed by atoms with van der Waals surface area (Å²) in [4.78, 5) is 36.4. The topological polar surface area (TPSA) is 115 Å². The number of nitrogens with one attached hydrogen (secondary N) is 2. The van der Waals surface area contributed by atoms with E-state index in [0.29, 0.717) is 11.8 Å². The van der Waals surface area contributed by atoms with Crippen LogP contribution in [0.15, 0.2) is 36.9 Å². The van der Waals surface area contributed by atoms with Gasteiger partial charge in [-0.3, -0.25) is 4.79 Å². The number of nitrogens with zero attached hydrogens (tertiary/aromatic N) is 5. The molecule has 3 aromatic rings. The summed E-state index contributed by atoms with van der Waals surface area (Å²) in [5.74, 6) is 0.526. The van der Waals surface area contributed by atoms with Gasteiger partial charge in [-0.1, -0.05) is 23.2 Å². The number of halogens is 2. The Morgan fingerprint density at radius 1 is 1.11 bits per heavy atom. The van der Waals surface area contributed by atoms with E-state index in [-0.39, 0.29) is 27.1 Å². The molecule has 2 heterocycles. The maximum atomic E-state index is 12.4. The summed E-state index contributed by atoms with van der Waals surface area (Å²) in [6, 6.07) is 3.44. The number of benzene rings is 1. The Morgan fingerprint density at radius 3 is 2.50 bits per heavy atom. The Balaban J connectivity index is 1.75. The molecule has 0 saturated carbocycles. The maximum absolute atomic E-state index is 12.4. The molecule has 2 N–H and O–H groups in total. The summed E-state index contributed by atoms with van der Waals surface area (Å²) < 4.78 is 1.42. The number of carbonyl (C=O) groups is 2. The van der Waals surface area contributed by atoms with Gasteiger partial charge in [-0.25, -0.2) is 19.7 Å². The zero-order valence-electron chi connectivity index (χ0n) is 14.8. The third kappa shape index (κ3) is 4.26. The summed E-state index contributed by atoms with van der Waals surface area (Å²) in [5.41, 5.74) is 0.518. The molecule has 144 valence electrons. The third-order valence-electron chi connectivity index (χ3n) is 3.73. The summed E-state index contributed by atoms with van der Waals surface area (Å²) in [6.45, 7) is 3.10. The minimum Gasteiger partial charge on any atom is -0.328 e. The fourth-order valence-electron chi connectivity index (χ4n) is 2.43. The van der Waals surface area contributed by atoms with Gasteiger partial charge < -0.3 is 10.6 Å². The molecule has 0 spiro atoms. The minimum absolute atomic E-state index is 0.207. The first-order valence-corrected chi connectivity index (χ1v) is 8.87. The highest BCUT2D eigenvalue weighted by Gasteiger charge is 2.19. The quantitative estimate of drug-likeness (QED) is 0.611. The highest BCUT2D eigenvalue weighted by Crippen LogP contribution is 2.29. The van der Waals surface area contributed by atoms with Crippen LogP contribution in [0, 0.1) is 0 Å². The number of ketones is 1. The van der Waals surface area contributed by atoms with Crippen molar-refractivity contribution in [3.05, 3.63) is 58.4 Å². The first-order valence-electron chi connectivity index (χ1n) is 8.11. The fraction of sp³-hybridized carbons (Fsp3) is 0.176. The molecule has 1 atom stereocenters. The van der Waals surface area contributed by atoms with Crippen molar-refractivity contribution in [2.24, 2.45) is 0 Å². The smallest absolute Gasteiger partial charge is 0.319 e. The number of hydrogen-bond donors (Lipinski definition) is 2. The lowest BCUT2D eigenvalue weighted by atomic mass is 10.1. The fourth-order valence-corrected chi connectivity index (χ4v) is 3.00. The normalized spacial score (nSPS) is 11.7. The number of carbonyl (C=O) groups excluding carboxylic acids is 2. The molecule has 2 amide bonds. The van der Waals surface area contributed by atoms with Crippen molar-refractivity contribution < 1.29 is 9.59 Å². The molecule has 0 aliphatic carbocycles. The lowest BCUT2D eigenvalue weighted by Crippen LogP contribution is -2.33. The van der Waals surface area contributed by atoms with Crippen LogP contribution in [0.4, 0.5) is 10.5 Å². The van der Waals surface area contributed by atoms with E-state index in [1.54, 1.807) is 25.4 Å². The molecule has 0 fully saturated rings. The molecule has 0 aliphatic heterocycles. The van der Waals surface area contributed by atoms with E-state index in [2.05, 4.69) is 30.7 Å². The Labute approximate surface area is 170 Å². The van der Waals surface area contributed by atoms with Crippen LogP contribution in [0.5, 0.6) is 0 Å². The van der Waals surface area contributed by atoms with E-state index in [9.17, 15) is 9.59 Å². The number of Topliss-reactive ketones (excluding diaryl/α,β-unsaturated/α-hetero) is 1. The van der Waals surface area contributed by atoms with Crippen LogP contribution in [0.1, 0.15) is 36.1 Å². The van der Waals surface area contributed by atoms with Gasteiger partial charge in [0.25, 0.3) is 5.95 Å². The second-order valence-corrected chi connectivity index (χ2v) is 6.58. The first kappa shape index (κ1) is 19.7. The van der Waals surface area contributed by atoms with E-state index in [4.69, 9.17) is 23.2 Å². The molecule has 0 radical (unpaired) electrons. The number of hydrogen-bond acceptors (Lipinski definition) is 6. The second kappa shape index (κ2) is 8.32. The number of urea groups is 1. The molecule has 11 heteroatoms. The van der Waals surface area contributed by atoms with Crippen LogP contribution in [0.25, 0.3) is 5.95 Å². The van der Waals surface area contributed by atoms with Crippen molar-refractivity contribution in [1.29, 1.82) is 0 Å². The average molecular weight is 420 g/mol. The summed E-state index contributed by atoms with van der Waals surface area (Å²) in [5, 5.41) is 9.84. The van der Waals surface area contributed by atoms with Gasteiger partial charge in [-0.05, 0) is 32.0 Å². The van der Waals surface area contributed by atoms with Gasteiger partial charge in [0, 0.05) is 18.0 Å². The van der Waals surface area contributed by atoms with E-state index in [1.807, 2.05) is 0 Å². The maximum Gasteiger partial charge on any atom is 0.319 e. The number of rotatable bonds is 5. The van der Waals surface area contributed by atoms with Gasteiger partial charge in [-0.2, -0.15) is 9.78 Å². The number of amides is 2. The standard InChI is InChI=1S/C17H15Cl2N7O2/c1-9(15-22-8-23-26(15)16-20-4-3-5-21-16)24-17(28)25-14-6-11(10(2)27)12(18)7-13(14)19/h3-9H,1-2H3,(H2,24,25,28)/t9-/m0/s1. The average Bonchev–Trinajstić information content (AvgIpc) is 3.14. The molecule has 28 heavy (non-hydrogen) atoms. The Morgan fingerprint density at radius 2 is 1.82 bits per heavy atom. The minimum atomic E-state index is -0.547. The van der Waals surface area contributed by atoms with Crippen LogP contribution < -0.4 is 10.6 Å². The van der Waals surface area contributed by atoms with Gasteiger partial charge in [0.05, 0.1) is 21.8 Å². The highest BCUT2D eigenvalue weighted by molar-refractivity contribution is 6.38. The van der Waals surface area contributed by atoms with E-state index >= 15 is 0 Å².